The number of fused-ring (bicyclic) bond motifs is 2. The summed E-state index contributed by atoms with van der Waals surface area (Å²) in [6.45, 7) is 10.7. The molecule has 4 aromatic heterocycles. The minimum atomic E-state index is -0.00493. The maximum absolute atomic E-state index is 6.33. The van der Waals surface area contributed by atoms with E-state index in [0.29, 0.717) is 12.1 Å². The second-order valence-electron chi connectivity index (χ2n) is 13.6. The summed E-state index contributed by atoms with van der Waals surface area (Å²) in [7, 11) is 0. The van der Waals surface area contributed by atoms with Gasteiger partial charge in [0.1, 0.15) is 9.66 Å². The van der Waals surface area contributed by atoms with Crippen LogP contribution in [0.5, 0.6) is 0 Å². The Labute approximate surface area is 340 Å². The van der Waals surface area contributed by atoms with Crippen LogP contribution in [0.3, 0.4) is 0 Å². The number of halogens is 3. The summed E-state index contributed by atoms with van der Waals surface area (Å²) >= 11 is 19.2. The molecule has 1 N–H and O–H groups in total. The molecule has 8 nitrogen and oxygen atoms in total. The topological polar surface area (TPSA) is 78.0 Å². The van der Waals surface area contributed by atoms with Crippen molar-refractivity contribution in [1.29, 1.82) is 0 Å². The zero-order chi connectivity index (χ0) is 37.0. The van der Waals surface area contributed by atoms with Gasteiger partial charge in [-0.15, -0.1) is 22.7 Å². The molecule has 4 aliphatic rings. The van der Waals surface area contributed by atoms with E-state index in [1.165, 1.54) is 40.2 Å². The van der Waals surface area contributed by atoms with Crippen LogP contribution in [0.1, 0.15) is 75.0 Å². The van der Waals surface area contributed by atoms with E-state index in [2.05, 4.69) is 74.2 Å². The average molecular weight is 867 g/mol. The first-order valence-corrected chi connectivity index (χ1v) is 22.4. The number of nitrogens with one attached hydrogen (secondary N) is 1. The van der Waals surface area contributed by atoms with Crippen molar-refractivity contribution in [3.05, 3.63) is 68.6 Å². The number of nitrogens with zero attached hydrogens (tertiary/aromatic N) is 3. The maximum Gasteiger partial charge on any atom is 0.157 e. The van der Waals surface area contributed by atoms with Crippen molar-refractivity contribution in [3.8, 4) is 0 Å². The standard InChI is InChI=1S/C20H25ClN2O2S.C13H13ClN2S.C7H13BrO2/c1-14-15(18-13-16-17(21)7-8-22-20(16)26-18)5-4-9-23(14)10-12-25-19-6-2-3-11-24-19;1-8-9(3-2-5-15-8)12-7-10-11(14)4-6-16-13(10)17-12;8-4-6-10-7-3-1-2-5-9-7/h5,7-8,13-14,19H,2-4,6,9-12H2,1H3;3-4,6-8,15H,2,5H2,1H3;7H,1-6H2. The Bertz CT molecular complexity index is 1810. The number of hydrogen-bond acceptors (Lipinski definition) is 10. The van der Waals surface area contributed by atoms with E-state index in [9.17, 15) is 0 Å². The van der Waals surface area contributed by atoms with Gasteiger partial charge in [0.05, 0.1) is 23.3 Å². The van der Waals surface area contributed by atoms with Gasteiger partial charge >= 0.3 is 0 Å². The maximum atomic E-state index is 6.33. The molecule has 13 heteroatoms. The fourth-order valence-corrected chi connectivity index (χ4v) is 9.96. The van der Waals surface area contributed by atoms with Crippen molar-refractivity contribution in [3.63, 3.8) is 0 Å². The van der Waals surface area contributed by atoms with Crippen molar-refractivity contribution in [2.24, 2.45) is 0 Å². The normalized spacial score (nSPS) is 23.8. The second-order valence-corrected chi connectivity index (χ2v) is 17.2. The summed E-state index contributed by atoms with van der Waals surface area (Å²) in [6, 6.07) is 8.83. The van der Waals surface area contributed by atoms with E-state index in [-0.39, 0.29) is 12.6 Å². The number of alkyl halides is 1. The van der Waals surface area contributed by atoms with Crippen LogP contribution in [0.25, 0.3) is 31.6 Å². The first kappa shape index (κ1) is 41.2. The molecular formula is C40H51BrCl2N4O4S2. The van der Waals surface area contributed by atoms with Crippen LogP contribution in [-0.4, -0.2) is 90.9 Å². The fraction of sp³-hybridized carbons (Fsp3) is 0.550. The van der Waals surface area contributed by atoms with Gasteiger partial charge in [0, 0.05) is 76.6 Å². The molecule has 8 heterocycles. The summed E-state index contributed by atoms with van der Waals surface area (Å²) in [4.78, 5) is 15.9. The zero-order valence-corrected chi connectivity index (χ0v) is 35.4. The van der Waals surface area contributed by atoms with Crippen LogP contribution in [-0.2, 0) is 18.9 Å². The van der Waals surface area contributed by atoms with Crippen molar-refractivity contribution in [2.45, 2.75) is 89.9 Å². The van der Waals surface area contributed by atoms with Gasteiger partial charge in [-0.3, -0.25) is 4.90 Å². The van der Waals surface area contributed by atoms with E-state index < -0.39 is 0 Å². The van der Waals surface area contributed by atoms with Crippen molar-refractivity contribution < 1.29 is 18.9 Å². The first-order chi connectivity index (χ1) is 25.9. The predicted molar refractivity (Wildman–Crippen MR) is 226 cm³/mol. The van der Waals surface area contributed by atoms with Crippen LogP contribution in [0.2, 0.25) is 10.0 Å². The molecular weight excluding hydrogens is 815 g/mol. The Morgan fingerprint density at radius 3 is 1.96 bits per heavy atom. The second kappa shape index (κ2) is 21.2. The third kappa shape index (κ3) is 11.5. The Kier molecular flexibility index (Phi) is 16.4. The number of thiophene rings is 2. The molecule has 0 radical (unpaired) electrons. The quantitative estimate of drug-likeness (QED) is 0.167. The molecule has 4 unspecified atom stereocenters. The number of ether oxygens (including phenoxy) is 4. The molecule has 0 amide bonds. The Balaban J connectivity index is 0.000000152. The molecule has 0 spiro atoms. The summed E-state index contributed by atoms with van der Waals surface area (Å²) in [5.41, 5.74) is 2.75. The lowest BCUT2D eigenvalue weighted by Gasteiger charge is -2.34. The highest BCUT2D eigenvalue weighted by Gasteiger charge is 2.25. The fourth-order valence-electron chi connectivity index (χ4n) is 6.95. The van der Waals surface area contributed by atoms with Gasteiger partial charge in [-0.05, 0) is 107 Å². The first-order valence-electron chi connectivity index (χ1n) is 18.9. The highest BCUT2D eigenvalue weighted by molar-refractivity contribution is 9.09. The van der Waals surface area contributed by atoms with Gasteiger partial charge in [-0.25, -0.2) is 9.97 Å². The number of pyridine rings is 2. The summed E-state index contributed by atoms with van der Waals surface area (Å²) in [6.07, 6.45) is 17.3. The van der Waals surface area contributed by atoms with E-state index in [1.807, 2.05) is 12.1 Å². The molecule has 4 atom stereocenters. The third-order valence-corrected chi connectivity index (χ3v) is 13.0. The van der Waals surface area contributed by atoms with E-state index in [4.69, 9.17) is 42.1 Å². The molecule has 8 rings (SSSR count). The smallest absolute Gasteiger partial charge is 0.157 e. The van der Waals surface area contributed by atoms with Gasteiger partial charge < -0.3 is 24.3 Å². The van der Waals surface area contributed by atoms with E-state index >= 15 is 0 Å². The van der Waals surface area contributed by atoms with Crippen molar-refractivity contribution in [2.75, 3.05) is 51.4 Å². The SMILES string of the molecule is BrCCOC1CCCCO1.CC1C(c2cc3c(Cl)ccnc3s2)=CCCN1CCOC1CCCCO1.CC1NCCC=C1c1cc2c(Cl)ccnc2s1. The van der Waals surface area contributed by atoms with E-state index in [0.717, 1.165) is 114 Å². The summed E-state index contributed by atoms with van der Waals surface area (Å²) < 4.78 is 22.3. The highest BCUT2D eigenvalue weighted by Crippen LogP contribution is 2.37. The van der Waals surface area contributed by atoms with Gasteiger partial charge in [0.25, 0.3) is 0 Å². The lowest BCUT2D eigenvalue weighted by atomic mass is 9.99. The molecule has 2 fully saturated rings. The summed E-state index contributed by atoms with van der Waals surface area (Å²) in [5, 5.41) is 8.05. The van der Waals surface area contributed by atoms with Crippen LogP contribution in [0.4, 0.5) is 0 Å². The number of aromatic nitrogens is 2. The minimum absolute atomic E-state index is 0.00493. The monoisotopic (exact) mass is 864 g/mol. The molecule has 288 valence electrons. The van der Waals surface area contributed by atoms with Gasteiger partial charge in [0.15, 0.2) is 12.6 Å². The molecule has 0 bridgehead atoms. The highest BCUT2D eigenvalue weighted by atomic mass is 79.9. The largest absolute Gasteiger partial charge is 0.353 e. The number of hydrogen-bond donors (Lipinski definition) is 1. The lowest BCUT2D eigenvalue weighted by molar-refractivity contribution is -0.164. The van der Waals surface area contributed by atoms with Crippen LogP contribution in [0, 0.1) is 0 Å². The molecule has 0 aromatic carbocycles. The number of rotatable bonds is 9. The Morgan fingerprint density at radius 1 is 0.830 bits per heavy atom. The van der Waals surface area contributed by atoms with Gasteiger partial charge in [0.2, 0.25) is 0 Å². The van der Waals surface area contributed by atoms with Crippen LogP contribution in [0.15, 0.2) is 48.8 Å². The van der Waals surface area contributed by atoms with E-state index in [1.54, 1.807) is 35.1 Å². The average Bonchev–Trinajstić information content (AvgIpc) is 3.83. The van der Waals surface area contributed by atoms with Gasteiger partial charge in [-0.1, -0.05) is 51.3 Å². The van der Waals surface area contributed by atoms with Crippen molar-refractivity contribution >= 4 is 93.4 Å². The van der Waals surface area contributed by atoms with Gasteiger partial charge in [-0.2, -0.15) is 0 Å². The zero-order valence-electron chi connectivity index (χ0n) is 30.7. The lowest BCUT2D eigenvalue weighted by Crippen LogP contribution is -2.40. The molecule has 2 saturated heterocycles. The molecule has 0 aliphatic carbocycles. The molecule has 53 heavy (non-hydrogen) atoms. The van der Waals surface area contributed by atoms with Crippen LogP contribution >= 0.6 is 61.8 Å². The predicted octanol–water partition coefficient (Wildman–Crippen LogP) is 10.6. The van der Waals surface area contributed by atoms with Crippen molar-refractivity contribution in [1.82, 2.24) is 20.2 Å². The third-order valence-electron chi connectivity index (χ3n) is 9.88. The molecule has 0 saturated carbocycles. The Hall–Kier alpha value is -1.48. The minimum Gasteiger partial charge on any atom is -0.353 e. The van der Waals surface area contributed by atoms with Crippen LogP contribution < -0.4 is 5.32 Å². The molecule has 4 aliphatic heterocycles. The summed E-state index contributed by atoms with van der Waals surface area (Å²) in [5.74, 6) is 0. The Morgan fingerprint density at radius 2 is 1.42 bits per heavy atom. The molecule has 4 aromatic rings.